The highest BCUT2D eigenvalue weighted by Crippen LogP contribution is 2.27. The molecule has 1 aromatic rings. The van der Waals surface area contributed by atoms with Gasteiger partial charge >= 0.3 is 0 Å². The maximum Gasteiger partial charge on any atom is 0.276 e. The number of hydrogen-bond acceptors (Lipinski definition) is 3. The summed E-state index contributed by atoms with van der Waals surface area (Å²) in [6, 6.07) is 4.78. The van der Waals surface area contributed by atoms with Crippen molar-refractivity contribution in [3.05, 3.63) is 40.5 Å². The first kappa shape index (κ1) is 13.7. The average molecular weight is 275 g/mol. The number of hydrazine groups is 1. The summed E-state index contributed by atoms with van der Waals surface area (Å²) in [6.45, 7) is 5.14. The van der Waals surface area contributed by atoms with Gasteiger partial charge in [0.15, 0.2) is 6.61 Å². The number of amides is 1. The van der Waals surface area contributed by atoms with Crippen molar-refractivity contribution in [3.8, 4) is 5.75 Å². The lowest BCUT2D eigenvalue weighted by Crippen LogP contribution is -2.38. The zero-order valence-electron chi connectivity index (χ0n) is 9.22. The number of hydrogen-bond donors (Lipinski definition) is 2. The highest BCUT2D eigenvalue weighted by Gasteiger charge is 2.05. The molecule has 92 valence electrons. The lowest BCUT2D eigenvalue weighted by molar-refractivity contribution is -0.123. The minimum Gasteiger partial charge on any atom is -0.482 e. The fraction of sp³-hybridized carbons (Fsp3) is 0.182. The third kappa shape index (κ3) is 4.97. The molecule has 0 spiro atoms. The number of allylic oxidation sites excluding steroid dienone is 1. The van der Waals surface area contributed by atoms with Gasteiger partial charge in [-0.2, -0.15) is 0 Å². The van der Waals surface area contributed by atoms with Gasteiger partial charge in [0.25, 0.3) is 5.91 Å². The van der Waals surface area contributed by atoms with E-state index in [-0.39, 0.29) is 12.5 Å². The van der Waals surface area contributed by atoms with Crippen LogP contribution in [0.5, 0.6) is 5.75 Å². The molecule has 1 rings (SSSR count). The van der Waals surface area contributed by atoms with Crippen molar-refractivity contribution in [2.75, 3.05) is 6.61 Å². The number of nitrogens with one attached hydrogen (secondary N) is 2. The molecule has 0 saturated heterocycles. The highest BCUT2D eigenvalue weighted by atomic mass is 35.5. The van der Waals surface area contributed by atoms with Crippen LogP contribution in [0.1, 0.15) is 6.92 Å². The Morgan fingerprint density at radius 2 is 2.12 bits per heavy atom. The summed E-state index contributed by atoms with van der Waals surface area (Å²) in [7, 11) is 0. The molecule has 0 fully saturated rings. The summed E-state index contributed by atoms with van der Waals surface area (Å²) >= 11 is 11.6. The van der Waals surface area contributed by atoms with Crippen molar-refractivity contribution in [1.82, 2.24) is 10.9 Å². The van der Waals surface area contributed by atoms with Crippen LogP contribution in [0.2, 0.25) is 10.0 Å². The summed E-state index contributed by atoms with van der Waals surface area (Å²) in [5.74, 6) is 0.0700. The molecule has 4 nitrogen and oxygen atoms in total. The summed E-state index contributed by atoms with van der Waals surface area (Å²) < 4.78 is 5.21. The van der Waals surface area contributed by atoms with Crippen LogP contribution in [0, 0.1) is 0 Å². The predicted molar refractivity (Wildman–Crippen MR) is 68.0 cm³/mol. The van der Waals surface area contributed by atoms with Crippen molar-refractivity contribution in [2.45, 2.75) is 6.92 Å². The van der Waals surface area contributed by atoms with Crippen molar-refractivity contribution in [1.29, 1.82) is 0 Å². The smallest absolute Gasteiger partial charge is 0.276 e. The number of halogens is 2. The molecule has 0 heterocycles. The second-order valence-electron chi connectivity index (χ2n) is 3.32. The van der Waals surface area contributed by atoms with E-state index in [9.17, 15) is 4.79 Å². The molecular formula is C11H12Cl2N2O2. The molecule has 0 saturated carbocycles. The number of carbonyl (C=O) groups is 1. The van der Waals surface area contributed by atoms with Gasteiger partial charge in [0, 0.05) is 10.7 Å². The van der Waals surface area contributed by atoms with Crippen LogP contribution in [0.4, 0.5) is 0 Å². The minimum absolute atomic E-state index is 0.151. The Balaban J connectivity index is 2.44. The second kappa shape index (κ2) is 6.37. The Morgan fingerprint density at radius 3 is 2.71 bits per heavy atom. The van der Waals surface area contributed by atoms with Crippen molar-refractivity contribution < 1.29 is 9.53 Å². The van der Waals surface area contributed by atoms with E-state index in [1.54, 1.807) is 25.1 Å². The zero-order chi connectivity index (χ0) is 12.8. The summed E-state index contributed by atoms with van der Waals surface area (Å²) in [4.78, 5) is 11.3. The minimum atomic E-state index is -0.334. The number of ether oxygens (including phenoxy) is 1. The first-order valence-corrected chi connectivity index (χ1v) is 5.53. The molecule has 1 amide bonds. The Kier molecular flexibility index (Phi) is 5.12. The van der Waals surface area contributed by atoms with E-state index in [0.29, 0.717) is 21.5 Å². The second-order valence-corrected chi connectivity index (χ2v) is 4.16. The fourth-order valence-corrected chi connectivity index (χ4v) is 1.41. The quantitative estimate of drug-likeness (QED) is 0.812. The standard InChI is InChI=1S/C11H12Cl2N2O2/c1-7(2)14-15-11(16)6-17-10-4-3-8(12)5-9(10)13/h3-5,14H,1,6H2,2H3,(H,15,16). The van der Waals surface area contributed by atoms with Gasteiger partial charge in [-0.15, -0.1) is 0 Å². The third-order valence-electron chi connectivity index (χ3n) is 1.67. The van der Waals surface area contributed by atoms with Gasteiger partial charge in [-0.1, -0.05) is 29.8 Å². The Bertz CT molecular complexity index is 435. The Labute approximate surface area is 110 Å². The predicted octanol–water partition coefficient (Wildman–Crippen LogP) is 2.53. The van der Waals surface area contributed by atoms with Crippen LogP contribution >= 0.6 is 23.2 Å². The normalized spacial score (nSPS) is 9.59. The molecule has 2 N–H and O–H groups in total. The van der Waals surface area contributed by atoms with Gasteiger partial charge in [-0.3, -0.25) is 10.2 Å². The van der Waals surface area contributed by atoms with Crippen LogP contribution in [0.25, 0.3) is 0 Å². The van der Waals surface area contributed by atoms with E-state index in [1.807, 2.05) is 0 Å². The van der Waals surface area contributed by atoms with Crippen molar-refractivity contribution in [3.63, 3.8) is 0 Å². The largest absolute Gasteiger partial charge is 0.482 e. The maximum atomic E-state index is 11.3. The van der Waals surface area contributed by atoms with Gasteiger partial charge in [0.2, 0.25) is 0 Å². The molecule has 0 aliphatic heterocycles. The Morgan fingerprint density at radius 1 is 1.41 bits per heavy atom. The molecule has 6 heteroatoms. The van der Waals surface area contributed by atoms with Gasteiger partial charge in [0.1, 0.15) is 5.75 Å². The lowest BCUT2D eigenvalue weighted by Gasteiger charge is -2.10. The SMILES string of the molecule is C=C(C)NNC(=O)COc1ccc(Cl)cc1Cl. The van der Waals surface area contributed by atoms with Crippen LogP contribution in [0.15, 0.2) is 30.5 Å². The molecule has 0 aliphatic rings. The van der Waals surface area contributed by atoms with Crippen LogP contribution in [-0.2, 0) is 4.79 Å². The maximum absolute atomic E-state index is 11.3. The molecule has 0 radical (unpaired) electrons. The zero-order valence-corrected chi connectivity index (χ0v) is 10.7. The Hall–Kier alpha value is -1.39. The van der Waals surface area contributed by atoms with Crippen molar-refractivity contribution >= 4 is 29.1 Å². The molecule has 0 bridgehead atoms. The fourth-order valence-electron chi connectivity index (χ4n) is 0.948. The van der Waals surface area contributed by atoms with Gasteiger partial charge in [-0.05, 0) is 25.1 Å². The highest BCUT2D eigenvalue weighted by molar-refractivity contribution is 6.35. The summed E-state index contributed by atoms with van der Waals surface area (Å²) in [5, 5.41) is 0.869. The van der Waals surface area contributed by atoms with Gasteiger partial charge < -0.3 is 10.2 Å². The van der Waals surface area contributed by atoms with Gasteiger partial charge in [-0.25, -0.2) is 0 Å². The molecule has 17 heavy (non-hydrogen) atoms. The first-order chi connectivity index (χ1) is 7.99. The molecule has 1 aromatic carbocycles. The van der Waals surface area contributed by atoms with Crippen LogP contribution in [0.3, 0.4) is 0 Å². The summed E-state index contributed by atoms with van der Waals surface area (Å²) in [6.07, 6.45) is 0. The first-order valence-electron chi connectivity index (χ1n) is 4.77. The topological polar surface area (TPSA) is 50.4 Å². The van der Waals surface area contributed by atoms with E-state index < -0.39 is 0 Å². The van der Waals surface area contributed by atoms with Crippen LogP contribution in [-0.4, -0.2) is 12.5 Å². The molecule has 0 aliphatic carbocycles. The average Bonchev–Trinajstić information content (AvgIpc) is 2.25. The lowest BCUT2D eigenvalue weighted by atomic mass is 10.3. The molecule has 0 unspecified atom stereocenters. The number of rotatable bonds is 5. The van der Waals surface area contributed by atoms with E-state index in [4.69, 9.17) is 27.9 Å². The molecule has 0 aromatic heterocycles. The number of benzene rings is 1. The van der Waals surface area contributed by atoms with E-state index in [0.717, 1.165) is 0 Å². The van der Waals surface area contributed by atoms with Crippen LogP contribution < -0.4 is 15.6 Å². The monoisotopic (exact) mass is 274 g/mol. The summed E-state index contributed by atoms with van der Waals surface area (Å²) in [5.41, 5.74) is 5.61. The molecular weight excluding hydrogens is 263 g/mol. The molecule has 0 atom stereocenters. The third-order valence-corrected chi connectivity index (χ3v) is 2.20. The van der Waals surface area contributed by atoms with E-state index in [1.165, 1.54) is 0 Å². The number of carbonyl (C=O) groups excluding carboxylic acids is 1. The van der Waals surface area contributed by atoms with Gasteiger partial charge in [0.05, 0.1) is 5.02 Å². The van der Waals surface area contributed by atoms with E-state index >= 15 is 0 Å². The van der Waals surface area contributed by atoms with E-state index in [2.05, 4.69) is 17.4 Å². The van der Waals surface area contributed by atoms with Crippen molar-refractivity contribution in [2.24, 2.45) is 0 Å².